The van der Waals surface area contributed by atoms with Gasteiger partial charge in [-0.3, -0.25) is 4.79 Å². The van der Waals surface area contributed by atoms with Crippen LogP contribution in [0.5, 0.6) is 0 Å². The number of benzene rings is 2. The van der Waals surface area contributed by atoms with E-state index < -0.39 is 0 Å². The van der Waals surface area contributed by atoms with Gasteiger partial charge in [-0.1, -0.05) is 18.2 Å². The van der Waals surface area contributed by atoms with E-state index in [0.717, 1.165) is 16.9 Å². The molecule has 0 bridgehead atoms. The lowest BCUT2D eigenvalue weighted by atomic mass is 10.1. The number of nitrogens with two attached hydrogens (primary N) is 1. The molecule has 4 N–H and O–H groups in total. The summed E-state index contributed by atoms with van der Waals surface area (Å²) in [6.07, 6.45) is 0. The smallest absolute Gasteiger partial charge is 0.221 e. The molecule has 5 nitrogen and oxygen atoms in total. The quantitative estimate of drug-likeness (QED) is 0.386. The Morgan fingerprint density at radius 1 is 1.04 bits per heavy atom. The molecule has 0 aliphatic rings. The van der Waals surface area contributed by atoms with Gasteiger partial charge in [0, 0.05) is 18.3 Å². The zero-order chi connectivity index (χ0) is 16.8. The number of nitrogens with zero attached hydrogens (tertiary/aromatic N) is 1. The van der Waals surface area contributed by atoms with E-state index in [0.29, 0.717) is 12.5 Å². The van der Waals surface area contributed by atoms with Crippen LogP contribution in [0, 0.1) is 13.8 Å². The van der Waals surface area contributed by atoms with Crippen LogP contribution in [0.4, 0.5) is 11.4 Å². The van der Waals surface area contributed by atoms with E-state index in [2.05, 4.69) is 29.5 Å². The van der Waals surface area contributed by atoms with Gasteiger partial charge < -0.3 is 16.4 Å². The summed E-state index contributed by atoms with van der Waals surface area (Å²) in [6, 6.07) is 13.6. The van der Waals surface area contributed by atoms with Gasteiger partial charge in [-0.15, -0.1) is 24.0 Å². The summed E-state index contributed by atoms with van der Waals surface area (Å²) in [4.78, 5) is 15.4. The second-order valence-corrected chi connectivity index (χ2v) is 5.51. The van der Waals surface area contributed by atoms with Gasteiger partial charge in [0.15, 0.2) is 5.96 Å². The van der Waals surface area contributed by atoms with E-state index in [4.69, 9.17) is 5.73 Å². The molecule has 128 valence electrons. The molecule has 0 saturated heterocycles. The lowest BCUT2D eigenvalue weighted by molar-refractivity contribution is -0.114. The Balaban J connectivity index is 0.00000288. The summed E-state index contributed by atoms with van der Waals surface area (Å²) in [5.74, 6) is 0.264. The number of aliphatic imine (C=N–C) groups is 1. The molecule has 0 aliphatic heterocycles. The van der Waals surface area contributed by atoms with Crippen molar-refractivity contribution in [2.24, 2.45) is 10.7 Å². The summed E-state index contributed by atoms with van der Waals surface area (Å²) in [5.41, 5.74) is 11.0. The van der Waals surface area contributed by atoms with Gasteiger partial charge in [0.05, 0.1) is 6.54 Å². The normalized spacial score (nSPS) is 10.7. The predicted molar refractivity (Wildman–Crippen MR) is 111 cm³/mol. The van der Waals surface area contributed by atoms with Crippen LogP contribution in [0.1, 0.15) is 23.6 Å². The maximum atomic E-state index is 11.1. The molecule has 24 heavy (non-hydrogen) atoms. The summed E-state index contributed by atoms with van der Waals surface area (Å²) in [6.45, 7) is 6.05. The number of rotatable bonds is 4. The zero-order valence-electron chi connectivity index (χ0n) is 14.1. The van der Waals surface area contributed by atoms with Crippen molar-refractivity contribution in [1.82, 2.24) is 0 Å². The van der Waals surface area contributed by atoms with Crippen molar-refractivity contribution in [2.45, 2.75) is 27.3 Å². The lowest BCUT2D eigenvalue weighted by Crippen LogP contribution is -2.22. The highest BCUT2D eigenvalue weighted by atomic mass is 127. The van der Waals surface area contributed by atoms with E-state index in [1.165, 1.54) is 18.1 Å². The fraction of sp³-hybridized carbons (Fsp3) is 0.222. The van der Waals surface area contributed by atoms with Gasteiger partial charge in [0.1, 0.15) is 0 Å². The maximum Gasteiger partial charge on any atom is 0.221 e. The number of anilines is 2. The number of amides is 1. The van der Waals surface area contributed by atoms with Crippen molar-refractivity contribution < 1.29 is 4.79 Å². The summed E-state index contributed by atoms with van der Waals surface area (Å²) in [5, 5.41) is 5.83. The monoisotopic (exact) mass is 438 g/mol. The van der Waals surface area contributed by atoms with E-state index in [9.17, 15) is 4.79 Å². The Labute approximate surface area is 159 Å². The van der Waals surface area contributed by atoms with Crippen molar-refractivity contribution in [3.63, 3.8) is 0 Å². The zero-order valence-corrected chi connectivity index (χ0v) is 16.4. The number of carbonyl (C=O) groups excluding carboxylic acids is 1. The van der Waals surface area contributed by atoms with Gasteiger partial charge in [-0.05, 0) is 54.8 Å². The van der Waals surface area contributed by atoms with Crippen LogP contribution in [-0.4, -0.2) is 11.9 Å². The molecule has 0 aromatic heterocycles. The standard InChI is InChI=1S/C18H22N4O.HI/c1-12-7-8-17(9-13(12)2)22-18(19)20-11-15-5-4-6-16(10-15)21-14(3)23;/h4-10H,11H2,1-3H3,(H,21,23)(H3,19,20,22);1H. The molecule has 0 spiro atoms. The fourth-order valence-corrected chi connectivity index (χ4v) is 2.13. The number of guanidine groups is 1. The first-order valence-electron chi connectivity index (χ1n) is 7.45. The minimum Gasteiger partial charge on any atom is -0.370 e. The minimum atomic E-state index is -0.0958. The van der Waals surface area contributed by atoms with Crippen molar-refractivity contribution in [2.75, 3.05) is 10.6 Å². The lowest BCUT2D eigenvalue weighted by Gasteiger charge is -2.08. The molecular formula is C18H23IN4O. The van der Waals surface area contributed by atoms with Crippen molar-refractivity contribution in [3.8, 4) is 0 Å². The van der Waals surface area contributed by atoms with E-state index >= 15 is 0 Å². The van der Waals surface area contributed by atoms with E-state index in [-0.39, 0.29) is 29.9 Å². The molecule has 2 aromatic carbocycles. The largest absolute Gasteiger partial charge is 0.370 e. The van der Waals surface area contributed by atoms with Gasteiger partial charge in [-0.2, -0.15) is 0 Å². The molecule has 0 saturated carbocycles. The van der Waals surface area contributed by atoms with E-state index in [1.807, 2.05) is 42.5 Å². The van der Waals surface area contributed by atoms with Gasteiger partial charge in [-0.25, -0.2) is 4.99 Å². The topological polar surface area (TPSA) is 79.5 Å². The van der Waals surface area contributed by atoms with Crippen LogP contribution in [-0.2, 0) is 11.3 Å². The first-order valence-corrected chi connectivity index (χ1v) is 7.45. The number of halogens is 1. The third kappa shape index (κ3) is 6.19. The average Bonchev–Trinajstić information content (AvgIpc) is 2.49. The highest BCUT2D eigenvalue weighted by Gasteiger charge is 2.00. The molecule has 2 aromatic rings. The summed E-state index contributed by atoms with van der Waals surface area (Å²) >= 11 is 0. The number of hydrogen-bond donors (Lipinski definition) is 3. The van der Waals surface area contributed by atoms with Crippen LogP contribution in [0.15, 0.2) is 47.5 Å². The second-order valence-electron chi connectivity index (χ2n) is 5.51. The highest BCUT2D eigenvalue weighted by Crippen LogP contribution is 2.14. The molecule has 0 fully saturated rings. The minimum absolute atomic E-state index is 0. The second kappa shape index (κ2) is 9.27. The van der Waals surface area contributed by atoms with Crippen molar-refractivity contribution in [3.05, 3.63) is 59.2 Å². The fourth-order valence-electron chi connectivity index (χ4n) is 2.13. The van der Waals surface area contributed by atoms with Crippen molar-refractivity contribution >= 4 is 47.2 Å². The van der Waals surface area contributed by atoms with E-state index in [1.54, 1.807) is 0 Å². The number of aryl methyl sites for hydroxylation is 2. The Bertz CT molecular complexity index is 744. The van der Waals surface area contributed by atoms with Crippen LogP contribution in [0.25, 0.3) is 0 Å². The Hall–Kier alpha value is -2.09. The highest BCUT2D eigenvalue weighted by molar-refractivity contribution is 14.0. The van der Waals surface area contributed by atoms with Gasteiger partial charge in [0.2, 0.25) is 5.91 Å². The first-order chi connectivity index (χ1) is 10.9. The Morgan fingerprint density at radius 2 is 1.75 bits per heavy atom. The number of carbonyl (C=O) groups is 1. The summed E-state index contributed by atoms with van der Waals surface area (Å²) in [7, 11) is 0. The molecule has 0 radical (unpaired) electrons. The predicted octanol–water partition coefficient (Wildman–Crippen LogP) is 3.81. The van der Waals surface area contributed by atoms with Crippen LogP contribution in [0.3, 0.4) is 0 Å². The van der Waals surface area contributed by atoms with Crippen LogP contribution >= 0.6 is 24.0 Å². The molecule has 0 heterocycles. The van der Waals surface area contributed by atoms with Crippen LogP contribution < -0.4 is 16.4 Å². The number of hydrogen-bond acceptors (Lipinski definition) is 2. The molecule has 1 amide bonds. The van der Waals surface area contributed by atoms with Crippen LogP contribution in [0.2, 0.25) is 0 Å². The van der Waals surface area contributed by atoms with Gasteiger partial charge in [0.25, 0.3) is 0 Å². The average molecular weight is 438 g/mol. The Morgan fingerprint density at radius 3 is 2.42 bits per heavy atom. The third-order valence-electron chi connectivity index (χ3n) is 3.46. The third-order valence-corrected chi connectivity index (χ3v) is 3.46. The molecular weight excluding hydrogens is 415 g/mol. The molecule has 2 rings (SSSR count). The SMILES string of the molecule is CC(=O)Nc1cccc(CN=C(N)Nc2ccc(C)c(C)c2)c1.I. The molecule has 0 unspecified atom stereocenters. The molecule has 6 heteroatoms. The van der Waals surface area contributed by atoms with Crippen molar-refractivity contribution in [1.29, 1.82) is 0 Å². The molecule has 0 atom stereocenters. The maximum absolute atomic E-state index is 11.1. The molecule has 0 aliphatic carbocycles. The number of nitrogens with one attached hydrogen (secondary N) is 2. The first kappa shape index (κ1) is 20.0. The van der Waals surface area contributed by atoms with Gasteiger partial charge >= 0.3 is 0 Å². The Kier molecular flexibility index (Phi) is 7.70. The summed E-state index contributed by atoms with van der Waals surface area (Å²) < 4.78 is 0.